The van der Waals surface area contributed by atoms with Crippen LogP contribution < -0.4 is 0 Å². The van der Waals surface area contributed by atoms with E-state index < -0.39 is 5.60 Å². The molecule has 2 N–H and O–H groups in total. The predicted octanol–water partition coefficient (Wildman–Crippen LogP) is 3.12. The SMILES string of the molecule is C[C@]1(CCl)CC[C@H](Cc2ccc(F)cc2)[C@]1(O)Cc1nc[nH]n1. The molecule has 1 saturated carbocycles. The molecule has 0 radical (unpaired) electrons. The minimum atomic E-state index is -0.981. The van der Waals surface area contributed by atoms with Crippen molar-refractivity contribution in [3.63, 3.8) is 0 Å². The second-order valence-electron chi connectivity index (χ2n) is 6.78. The Labute approximate surface area is 140 Å². The Kier molecular flexibility index (Phi) is 4.43. The minimum absolute atomic E-state index is 0.0372. The molecule has 3 rings (SSSR count). The Balaban J connectivity index is 1.87. The molecule has 6 heteroatoms. The molecule has 1 aliphatic carbocycles. The number of rotatable bonds is 5. The van der Waals surface area contributed by atoms with Gasteiger partial charge in [0.2, 0.25) is 0 Å². The maximum Gasteiger partial charge on any atom is 0.153 e. The quantitative estimate of drug-likeness (QED) is 0.824. The first-order valence-electron chi connectivity index (χ1n) is 7.84. The molecular weight excluding hydrogens is 317 g/mol. The highest BCUT2D eigenvalue weighted by Gasteiger charge is 2.56. The standard InChI is InChI=1S/C17H21ClFN3O/c1-16(10-18)7-6-13(8-12-2-4-14(19)5-3-12)17(16,23)9-15-20-11-21-22-15/h2-5,11,13,23H,6-10H2,1H3,(H,20,21,22)/t13-,16-,17-/m1/s1. The molecule has 1 aliphatic rings. The third-order valence-corrected chi connectivity index (χ3v) is 5.94. The van der Waals surface area contributed by atoms with Gasteiger partial charge in [0.15, 0.2) is 5.82 Å². The summed E-state index contributed by atoms with van der Waals surface area (Å²) in [6, 6.07) is 6.47. The van der Waals surface area contributed by atoms with Crippen LogP contribution in [0.25, 0.3) is 0 Å². The number of hydrogen-bond acceptors (Lipinski definition) is 3. The van der Waals surface area contributed by atoms with Crippen molar-refractivity contribution in [2.75, 3.05) is 5.88 Å². The van der Waals surface area contributed by atoms with Crippen molar-refractivity contribution in [1.29, 1.82) is 0 Å². The van der Waals surface area contributed by atoms with Gasteiger partial charge in [-0.2, -0.15) is 5.10 Å². The smallest absolute Gasteiger partial charge is 0.153 e. The predicted molar refractivity (Wildman–Crippen MR) is 86.7 cm³/mol. The van der Waals surface area contributed by atoms with Gasteiger partial charge in [0.25, 0.3) is 0 Å². The highest BCUT2D eigenvalue weighted by molar-refractivity contribution is 6.18. The first-order valence-corrected chi connectivity index (χ1v) is 8.38. The van der Waals surface area contributed by atoms with Crippen LogP contribution in [0.2, 0.25) is 0 Å². The maximum absolute atomic E-state index is 13.1. The Morgan fingerprint density at radius 2 is 2.13 bits per heavy atom. The van der Waals surface area contributed by atoms with E-state index in [0.717, 1.165) is 18.4 Å². The van der Waals surface area contributed by atoms with Crippen LogP contribution in [0.1, 0.15) is 31.2 Å². The summed E-state index contributed by atoms with van der Waals surface area (Å²) in [7, 11) is 0. The Bertz CT molecular complexity index is 648. The molecule has 0 spiro atoms. The first kappa shape index (κ1) is 16.4. The van der Waals surface area contributed by atoms with Gasteiger partial charge in [-0.15, -0.1) is 11.6 Å². The fourth-order valence-corrected chi connectivity index (χ4v) is 4.08. The van der Waals surface area contributed by atoms with E-state index in [-0.39, 0.29) is 17.2 Å². The molecule has 23 heavy (non-hydrogen) atoms. The van der Waals surface area contributed by atoms with Gasteiger partial charge in [-0.25, -0.2) is 9.37 Å². The summed E-state index contributed by atoms with van der Waals surface area (Å²) in [6.07, 6.45) is 4.30. The van der Waals surface area contributed by atoms with Crippen LogP contribution >= 0.6 is 11.6 Å². The number of benzene rings is 1. The zero-order valence-corrected chi connectivity index (χ0v) is 13.9. The number of nitrogens with one attached hydrogen (secondary N) is 1. The summed E-state index contributed by atoms with van der Waals surface area (Å²) in [5, 5.41) is 18.3. The van der Waals surface area contributed by atoms with Crippen LogP contribution in [0.5, 0.6) is 0 Å². The highest BCUT2D eigenvalue weighted by Crippen LogP contribution is 2.52. The van der Waals surface area contributed by atoms with Gasteiger partial charge < -0.3 is 5.11 Å². The number of alkyl halides is 1. The highest BCUT2D eigenvalue weighted by atomic mass is 35.5. The van der Waals surface area contributed by atoms with Gasteiger partial charge in [0.05, 0.1) is 5.60 Å². The molecule has 0 amide bonds. The van der Waals surface area contributed by atoms with Crippen LogP contribution in [-0.4, -0.2) is 31.8 Å². The van der Waals surface area contributed by atoms with E-state index in [1.165, 1.54) is 18.5 Å². The van der Waals surface area contributed by atoms with Gasteiger partial charge in [0.1, 0.15) is 12.1 Å². The molecule has 124 valence electrons. The number of aliphatic hydroxyl groups is 1. The Hall–Kier alpha value is -1.46. The van der Waals surface area contributed by atoms with Crippen LogP contribution in [0.4, 0.5) is 4.39 Å². The molecule has 4 nitrogen and oxygen atoms in total. The van der Waals surface area contributed by atoms with E-state index in [0.29, 0.717) is 24.5 Å². The van der Waals surface area contributed by atoms with Gasteiger partial charge in [-0.05, 0) is 42.9 Å². The maximum atomic E-state index is 13.1. The lowest BCUT2D eigenvalue weighted by atomic mass is 9.70. The summed E-state index contributed by atoms with van der Waals surface area (Å²) < 4.78 is 13.1. The topological polar surface area (TPSA) is 61.8 Å². The normalized spacial score (nSPS) is 30.7. The molecule has 0 unspecified atom stereocenters. The van der Waals surface area contributed by atoms with Crippen molar-refractivity contribution in [2.45, 2.75) is 38.2 Å². The van der Waals surface area contributed by atoms with Crippen molar-refractivity contribution in [1.82, 2.24) is 15.2 Å². The summed E-state index contributed by atoms with van der Waals surface area (Å²) in [4.78, 5) is 4.16. The summed E-state index contributed by atoms with van der Waals surface area (Å²) in [5.74, 6) is 0.764. The molecule has 0 aliphatic heterocycles. The summed E-state index contributed by atoms with van der Waals surface area (Å²) >= 11 is 6.20. The average Bonchev–Trinajstić information content (AvgIpc) is 3.12. The zero-order valence-electron chi connectivity index (χ0n) is 13.1. The van der Waals surface area contributed by atoms with Crippen molar-refractivity contribution >= 4 is 11.6 Å². The van der Waals surface area contributed by atoms with Crippen LogP contribution in [0.15, 0.2) is 30.6 Å². The average molecular weight is 338 g/mol. The summed E-state index contributed by atoms with van der Waals surface area (Å²) in [5.41, 5.74) is -0.353. The summed E-state index contributed by atoms with van der Waals surface area (Å²) in [6.45, 7) is 2.03. The second kappa shape index (κ2) is 6.21. The van der Waals surface area contributed by atoms with Gasteiger partial charge in [-0.3, -0.25) is 5.10 Å². The lowest BCUT2D eigenvalue weighted by Crippen LogP contribution is -2.50. The minimum Gasteiger partial charge on any atom is -0.389 e. The molecule has 2 aromatic rings. The molecule has 0 saturated heterocycles. The fraction of sp³-hybridized carbons (Fsp3) is 0.529. The number of aromatic nitrogens is 3. The van der Waals surface area contributed by atoms with Gasteiger partial charge >= 0.3 is 0 Å². The van der Waals surface area contributed by atoms with Crippen LogP contribution in [0.3, 0.4) is 0 Å². The number of hydrogen-bond donors (Lipinski definition) is 2. The Morgan fingerprint density at radius 3 is 2.74 bits per heavy atom. The largest absolute Gasteiger partial charge is 0.389 e. The fourth-order valence-electron chi connectivity index (χ4n) is 3.72. The molecule has 1 aromatic carbocycles. The number of halogens is 2. The molecule has 1 fully saturated rings. The molecule has 3 atom stereocenters. The van der Waals surface area contributed by atoms with Crippen molar-refractivity contribution < 1.29 is 9.50 Å². The van der Waals surface area contributed by atoms with E-state index in [9.17, 15) is 9.50 Å². The Morgan fingerprint density at radius 1 is 1.39 bits per heavy atom. The van der Waals surface area contributed by atoms with Gasteiger partial charge in [-0.1, -0.05) is 19.1 Å². The number of aromatic amines is 1. The van der Waals surface area contributed by atoms with E-state index in [4.69, 9.17) is 11.6 Å². The van der Waals surface area contributed by atoms with Crippen LogP contribution in [0, 0.1) is 17.2 Å². The first-order chi connectivity index (χ1) is 11.0. The van der Waals surface area contributed by atoms with Crippen molar-refractivity contribution in [3.8, 4) is 0 Å². The molecule has 0 bridgehead atoms. The molecule has 1 heterocycles. The third kappa shape index (κ3) is 3.00. The van der Waals surface area contributed by atoms with Crippen LogP contribution in [-0.2, 0) is 12.8 Å². The van der Waals surface area contributed by atoms with Crippen molar-refractivity contribution in [2.24, 2.45) is 11.3 Å². The lowest BCUT2D eigenvalue weighted by molar-refractivity contribution is -0.0747. The third-order valence-electron chi connectivity index (χ3n) is 5.35. The molecular formula is C17H21ClFN3O. The second-order valence-corrected chi connectivity index (χ2v) is 7.04. The number of H-pyrrole nitrogens is 1. The van der Waals surface area contributed by atoms with E-state index in [1.54, 1.807) is 12.1 Å². The number of nitrogens with zero attached hydrogens (tertiary/aromatic N) is 2. The monoisotopic (exact) mass is 337 g/mol. The molecule has 1 aromatic heterocycles. The lowest BCUT2D eigenvalue weighted by Gasteiger charge is -2.41. The van der Waals surface area contributed by atoms with E-state index in [2.05, 4.69) is 15.2 Å². The van der Waals surface area contributed by atoms with Crippen molar-refractivity contribution in [3.05, 3.63) is 47.8 Å². The van der Waals surface area contributed by atoms with Gasteiger partial charge in [0, 0.05) is 17.7 Å². The van der Waals surface area contributed by atoms with E-state index in [1.807, 2.05) is 6.92 Å². The zero-order chi connectivity index (χ0) is 16.5. The van der Waals surface area contributed by atoms with E-state index >= 15 is 0 Å².